The largest absolute Gasteiger partial charge is 0.466 e. The van der Waals surface area contributed by atoms with Crippen LogP contribution in [0.25, 0.3) is 0 Å². The number of piperidine rings is 1. The first-order chi connectivity index (χ1) is 11.1. The molecule has 0 amide bonds. The lowest BCUT2D eigenvalue weighted by atomic mass is 9.98. The molecule has 0 aromatic carbocycles. The molecule has 1 N–H and O–H groups in total. The average molecular weight is 356 g/mol. The van der Waals surface area contributed by atoms with Crippen molar-refractivity contribution in [2.45, 2.75) is 19.8 Å². The van der Waals surface area contributed by atoms with Gasteiger partial charge in [0.2, 0.25) is 0 Å². The zero-order valence-corrected chi connectivity index (χ0v) is 14.8. The number of rotatable bonds is 4. The van der Waals surface area contributed by atoms with Gasteiger partial charge in [-0.3, -0.25) is 4.79 Å². The SMILES string of the molecule is CCOC(=O)[C@@H]1CCCN(C(=S)Nc2ccsc2C(=O)OC)C1. The Balaban J connectivity index is 1.99. The number of carbonyl (C=O) groups is 2. The lowest BCUT2D eigenvalue weighted by Gasteiger charge is -2.33. The Morgan fingerprint density at radius 1 is 1.52 bits per heavy atom. The van der Waals surface area contributed by atoms with Crippen molar-refractivity contribution in [2.75, 3.05) is 32.1 Å². The summed E-state index contributed by atoms with van der Waals surface area (Å²) in [7, 11) is 1.35. The molecule has 0 radical (unpaired) electrons. The number of likely N-dealkylation sites (tertiary alicyclic amines) is 1. The molecule has 0 unspecified atom stereocenters. The number of methoxy groups -OCH3 is 1. The zero-order valence-electron chi connectivity index (χ0n) is 13.2. The Kier molecular flexibility index (Phi) is 6.35. The van der Waals surface area contributed by atoms with Crippen molar-refractivity contribution in [3.63, 3.8) is 0 Å². The van der Waals surface area contributed by atoms with Crippen LogP contribution in [0.5, 0.6) is 0 Å². The van der Waals surface area contributed by atoms with Crippen LogP contribution in [0.1, 0.15) is 29.4 Å². The van der Waals surface area contributed by atoms with Crippen LogP contribution in [0.2, 0.25) is 0 Å². The van der Waals surface area contributed by atoms with Crippen LogP contribution in [-0.4, -0.2) is 48.8 Å². The number of ether oxygens (including phenoxy) is 2. The van der Waals surface area contributed by atoms with E-state index in [2.05, 4.69) is 5.32 Å². The number of hydrogen-bond donors (Lipinski definition) is 1. The molecule has 0 spiro atoms. The van der Waals surface area contributed by atoms with Gasteiger partial charge in [-0.05, 0) is 43.4 Å². The van der Waals surface area contributed by atoms with Crippen LogP contribution in [0.3, 0.4) is 0 Å². The third-order valence-corrected chi connectivity index (χ3v) is 4.86. The highest BCUT2D eigenvalue weighted by Gasteiger charge is 2.28. The number of esters is 2. The van der Waals surface area contributed by atoms with Gasteiger partial charge in [0.1, 0.15) is 4.88 Å². The van der Waals surface area contributed by atoms with Crippen molar-refractivity contribution in [3.05, 3.63) is 16.3 Å². The van der Waals surface area contributed by atoms with E-state index >= 15 is 0 Å². The fourth-order valence-electron chi connectivity index (χ4n) is 2.47. The first-order valence-corrected chi connectivity index (χ1v) is 8.74. The molecule has 1 aromatic rings. The minimum Gasteiger partial charge on any atom is -0.466 e. The summed E-state index contributed by atoms with van der Waals surface area (Å²) >= 11 is 6.72. The van der Waals surface area contributed by atoms with Gasteiger partial charge >= 0.3 is 11.9 Å². The third kappa shape index (κ3) is 4.42. The van der Waals surface area contributed by atoms with Crippen molar-refractivity contribution in [2.24, 2.45) is 5.92 Å². The lowest BCUT2D eigenvalue weighted by molar-refractivity contribution is -0.149. The first kappa shape index (κ1) is 17.7. The summed E-state index contributed by atoms with van der Waals surface area (Å²) in [6.45, 7) is 3.49. The Bertz CT molecular complexity index is 588. The highest BCUT2D eigenvalue weighted by molar-refractivity contribution is 7.80. The highest BCUT2D eigenvalue weighted by Crippen LogP contribution is 2.25. The lowest BCUT2D eigenvalue weighted by Crippen LogP contribution is -2.44. The van der Waals surface area contributed by atoms with E-state index in [1.165, 1.54) is 18.4 Å². The monoisotopic (exact) mass is 356 g/mol. The molecule has 0 saturated carbocycles. The maximum absolute atomic E-state index is 11.9. The predicted molar refractivity (Wildman–Crippen MR) is 92.8 cm³/mol. The van der Waals surface area contributed by atoms with Crippen LogP contribution in [0, 0.1) is 5.92 Å². The number of anilines is 1. The minimum absolute atomic E-state index is 0.161. The Morgan fingerprint density at radius 2 is 2.30 bits per heavy atom. The second-order valence-corrected chi connectivity index (χ2v) is 6.43. The topological polar surface area (TPSA) is 67.9 Å². The Labute approximate surface area is 144 Å². The minimum atomic E-state index is -0.395. The Hall–Kier alpha value is -1.67. The molecule has 1 aliphatic heterocycles. The summed E-state index contributed by atoms with van der Waals surface area (Å²) in [6.07, 6.45) is 1.68. The molecular formula is C15H20N2O4S2. The van der Waals surface area contributed by atoms with Crippen LogP contribution < -0.4 is 5.32 Å². The number of hydrogen-bond acceptors (Lipinski definition) is 6. The quantitative estimate of drug-likeness (QED) is 0.657. The molecule has 1 fully saturated rings. The second kappa shape index (κ2) is 8.26. The maximum Gasteiger partial charge on any atom is 0.350 e. The molecule has 2 heterocycles. The summed E-state index contributed by atoms with van der Waals surface area (Å²) in [4.78, 5) is 26.0. The molecule has 1 atom stereocenters. The fourth-order valence-corrected chi connectivity index (χ4v) is 3.51. The molecule has 6 nitrogen and oxygen atoms in total. The molecule has 0 bridgehead atoms. The standard InChI is InChI=1S/C15H20N2O4S2/c1-3-21-13(18)10-5-4-7-17(9-10)15(22)16-11-6-8-23-12(11)14(19)20-2/h6,8,10H,3-5,7,9H2,1-2H3,(H,16,22)/t10-/m1/s1. The summed E-state index contributed by atoms with van der Waals surface area (Å²) in [5.41, 5.74) is 0.630. The second-order valence-electron chi connectivity index (χ2n) is 5.12. The molecule has 0 aliphatic carbocycles. The number of thiocarbonyl (C=S) groups is 1. The van der Waals surface area contributed by atoms with Crippen LogP contribution >= 0.6 is 23.6 Å². The highest BCUT2D eigenvalue weighted by atomic mass is 32.1. The zero-order chi connectivity index (χ0) is 16.8. The van der Waals surface area contributed by atoms with E-state index in [0.29, 0.717) is 28.8 Å². The van der Waals surface area contributed by atoms with Crippen molar-refractivity contribution >= 4 is 46.3 Å². The van der Waals surface area contributed by atoms with Gasteiger partial charge in [-0.1, -0.05) is 0 Å². The van der Waals surface area contributed by atoms with Crippen molar-refractivity contribution in [1.29, 1.82) is 0 Å². The van der Waals surface area contributed by atoms with Gasteiger partial charge in [-0.15, -0.1) is 11.3 Å². The molecule has 126 valence electrons. The van der Waals surface area contributed by atoms with E-state index in [1.807, 2.05) is 4.90 Å². The number of nitrogens with zero attached hydrogens (tertiary/aromatic N) is 1. The van der Waals surface area contributed by atoms with E-state index in [4.69, 9.17) is 21.7 Å². The van der Waals surface area contributed by atoms with Gasteiger partial charge in [0.25, 0.3) is 0 Å². The van der Waals surface area contributed by atoms with Gasteiger partial charge in [-0.2, -0.15) is 0 Å². The van der Waals surface area contributed by atoms with Crippen LogP contribution in [0.4, 0.5) is 5.69 Å². The smallest absolute Gasteiger partial charge is 0.350 e. The summed E-state index contributed by atoms with van der Waals surface area (Å²) < 4.78 is 9.84. The van der Waals surface area contributed by atoms with E-state index in [-0.39, 0.29) is 11.9 Å². The summed E-state index contributed by atoms with van der Waals surface area (Å²) in [5.74, 6) is -0.731. The molecule has 1 saturated heterocycles. The number of thiophene rings is 1. The van der Waals surface area contributed by atoms with Gasteiger partial charge < -0.3 is 19.7 Å². The maximum atomic E-state index is 11.9. The van der Waals surface area contributed by atoms with E-state index < -0.39 is 5.97 Å². The van der Waals surface area contributed by atoms with Crippen molar-refractivity contribution in [1.82, 2.24) is 4.90 Å². The third-order valence-electron chi connectivity index (χ3n) is 3.61. The Morgan fingerprint density at radius 3 is 3.00 bits per heavy atom. The van der Waals surface area contributed by atoms with Gasteiger partial charge in [0, 0.05) is 13.1 Å². The van der Waals surface area contributed by atoms with Crippen molar-refractivity contribution < 1.29 is 19.1 Å². The van der Waals surface area contributed by atoms with E-state index in [1.54, 1.807) is 18.4 Å². The predicted octanol–water partition coefficient (Wildman–Crippen LogP) is 2.51. The molecule has 1 aromatic heterocycles. The fraction of sp³-hybridized carbons (Fsp3) is 0.533. The molecule has 8 heteroatoms. The number of nitrogens with one attached hydrogen (secondary N) is 1. The van der Waals surface area contributed by atoms with Crippen LogP contribution in [0.15, 0.2) is 11.4 Å². The van der Waals surface area contributed by atoms with Gasteiger partial charge in [0.15, 0.2) is 5.11 Å². The molecule has 2 rings (SSSR count). The van der Waals surface area contributed by atoms with Crippen molar-refractivity contribution in [3.8, 4) is 0 Å². The molecule has 1 aliphatic rings. The van der Waals surface area contributed by atoms with E-state index in [0.717, 1.165) is 19.4 Å². The van der Waals surface area contributed by atoms with Crippen LogP contribution in [-0.2, 0) is 14.3 Å². The molecular weight excluding hydrogens is 336 g/mol. The molecule has 23 heavy (non-hydrogen) atoms. The number of carbonyl (C=O) groups excluding carboxylic acids is 2. The first-order valence-electron chi connectivity index (χ1n) is 7.45. The average Bonchev–Trinajstić information content (AvgIpc) is 3.02. The van der Waals surface area contributed by atoms with Gasteiger partial charge in [0.05, 0.1) is 25.3 Å². The van der Waals surface area contributed by atoms with E-state index in [9.17, 15) is 9.59 Å². The summed E-state index contributed by atoms with van der Waals surface area (Å²) in [6, 6.07) is 1.79. The van der Waals surface area contributed by atoms with Gasteiger partial charge in [-0.25, -0.2) is 4.79 Å². The summed E-state index contributed by atoms with van der Waals surface area (Å²) in [5, 5.41) is 5.38. The normalized spacial score (nSPS) is 17.5.